The Bertz CT molecular complexity index is 416. The van der Waals surface area contributed by atoms with Crippen LogP contribution in [-0.2, 0) is 9.53 Å². The second-order valence-corrected chi connectivity index (χ2v) is 5.05. The Morgan fingerprint density at radius 2 is 2.06 bits per heavy atom. The molecule has 1 unspecified atom stereocenters. The normalized spacial score (nSPS) is 18.3. The topological polar surface area (TPSA) is 38.3 Å². The molecule has 4 heteroatoms. The lowest BCUT2D eigenvalue weighted by molar-refractivity contribution is -0.128. The molecule has 0 bridgehead atoms. The van der Waals surface area contributed by atoms with Gasteiger partial charge in [-0.25, -0.2) is 0 Å². The van der Waals surface area contributed by atoms with Gasteiger partial charge in [-0.1, -0.05) is 29.8 Å². The van der Waals surface area contributed by atoms with Crippen LogP contribution in [0, 0.1) is 5.92 Å². The van der Waals surface area contributed by atoms with Crippen LogP contribution in [0.15, 0.2) is 24.3 Å². The van der Waals surface area contributed by atoms with Gasteiger partial charge in [0.25, 0.3) is 0 Å². The van der Waals surface area contributed by atoms with Gasteiger partial charge in [-0.15, -0.1) is 0 Å². The second kappa shape index (κ2) is 6.21. The Balaban J connectivity index is 1.96. The van der Waals surface area contributed by atoms with Gasteiger partial charge in [0.05, 0.1) is 6.04 Å². The maximum Gasteiger partial charge on any atom is 0.223 e. The van der Waals surface area contributed by atoms with E-state index in [9.17, 15) is 4.79 Å². The Labute approximate surface area is 112 Å². The van der Waals surface area contributed by atoms with Crippen LogP contribution in [0.3, 0.4) is 0 Å². The molecule has 1 saturated heterocycles. The van der Waals surface area contributed by atoms with E-state index >= 15 is 0 Å². The van der Waals surface area contributed by atoms with Crippen molar-refractivity contribution >= 4 is 17.5 Å². The van der Waals surface area contributed by atoms with Gasteiger partial charge in [-0.2, -0.15) is 0 Å². The quantitative estimate of drug-likeness (QED) is 0.914. The van der Waals surface area contributed by atoms with Gasteiger partial charge < -0.3 is 10.1 Å². The highest BCUT2D eigenvalue weighted by atomic mass is 35.5. The van der Waals surface area contributed by atoms with Crippen LogP contribution >= 0.6 is 11.6 Å². The molecular weight excluding hydrogens is 250 g/mol. The predicted octanol–water partition coefficient (Wildman–Crippen LogP) is 2.94. The number of hydrogen-bond donors (Lipinski definition) is 1. The molecule has 3 nitrogen and oxygen atoms in total. The number of nitrogens with one attached hydrogen (secondary N) is 1. The van der Waals surface area contributed by atoms with E-state index < -0.39 is 0 Å². The molecule has 1 aliphatic heterocycles. The summed E-state index contributed by atoms with van der Waals surface area (Å²) < 4.78 is 5.26. The molecule has 1 aromatic carbocycles. The summed E-state index contributed by atoms with van der Waals surface area (Å²) in [5, 5.41) is 3.72. The van der Waals surface area contributed by atoms with E-state index in [2.05, 4.69) is 5.32 Å². The number of carbonyl (C=O) groups is 1. The summed E-state index contributed by atoms with van der Waals surface area (Å²) in [7, 11) is 0. The fourth-order valence-corrected chi connectivity index (χ4v) is 2.49. The maximum absolute atomic E-state index is 12.1. The van der Waals surface area contributed by atoms with Crippen molar-refractivity contribution in [3.05, 3.63) is 34.9 Å². The fraction of sp³-hybridized carbons (Fsp3) is 0.500. The van der Waals surface area contributed by atoms with Crippen molar-refractivity contribution in [1.29, 1.82) is 0 Å². The molecule has 18 heavy (non-hydrogen) atoms. The SMILES string of the molecule is CC(NC(=O)C1CCOCC1)c1ccccc1Cl. The molecule has 0 radical (unpaired) electrons. The molecule has 0 spiro atoms. The van der Waals surface area contributed by atoms with Gasteiger partial charge in [0, 0.05) is 24.2 Å². The van der Waals surface area contributed by atoms with E-state index in [1.807, 2.05) is 31.2 Å². The Morgan fingerprint density at radius 3 is 2.72 bits per heavy atom. The minimum atomic E-state index is -0.0611. The summed E-state index contributed by atoms with van der Waals surface area (Å²) in [4.78, 5) is 12.1. The van der Waals surface area contributed by atoms with Crippen LogP contribution in [0.5, 0.6) is 0 Å². The van der Waals surface area contributed by atoms with Gasteiger partial charge >= 0.3 is 0 Å². The van der Waals surface area contributed by atoms with Gasteiger partial charge in [0.2, 0.25) is 5.91 Å². The smallest absolute Gasteiger partial charge is 0.223 e. The first-order valence-electron chi connectivity index (χ1n) is 6.31. The van der Waals surface area contributed by atoms with Crippen molar-refractivity contribution in [3.8, 4) is 0 Å². The largest absolute Gasteiger partial charge is 0.381 e. The fourth-order valence-electron chi connectivity index (χ4n) is 2.20. The van der Waals surface area contributed by atoms with Crippen molar-refractivity contribution < 1.29 is 9.53 Å². The second-order valence-electron chi connectivity index (χ2n) is 4.64. The number of rotatable bonds is 3. The van der Waals surface area contributed by atoms with E-state index in [0.29, 0.717) is 18.2 Å². The molecule has 0 aliphatic carbocycles. The van der Waals surface area contributed by atoms with Crippen LogP contribution in [0.4, 0.5) is 0 Å². The zero-order valence-corrected chi connectivity index (χ0v) is 11.2. The average molecular weight is 268 g/mol. The zero-order chi connectivity index (χ0) is 13.0. The first kappa shape index (κ1) is 13.4. The molecular formula is C14H18ClNO2. The van der Waals surface area contributed by atoms with Gasteiger partial charge in [-0.05, 0) is 31.4 Å². The van der Waals surface area contributed by atoms with Gasteiger partial charge in [0.1, 0.15) is 0 Å². The first-order chi connectivity index (χ1) is 8.68. The summed E-state index contributed by atoms with van der Waals surface area (Å²) in [6.45, 7) is 3.32. The predicted molar refractivity (Wildman–Crippen MR) is 71.6 cm³/mol. The molecule has 98 valence electrons. The van der Waals surface area contributed by atoms with E-state index in [0.717, 1.165) is 18.4 Å². The molecule has 1 heterocycles. The average Bonchev–Trinajstić information content (AvgIpc) is 2.40. The minimum Gasteiger partial charge on any atom is -0.381 e. The van der Waals surface area contributed by atoms with Crippen LogP contribution in [0.1, 0.15) is 31.4 Å². The Kier molecular flexibility index (Phi) is 4.61. The Hall–Kier alpha value is -1.06. The highest BCUT2D eigenvalue weighted by molar-refractivity contribution is 6.31. The number of benzene rings is 1. The molecule has 2 rings (SSSR count). The van der Waals surface area contributed by atoms with Gasteiger partial charge in [-0.3, -0.25) is 4.79 Å². The monoisotopic (exact) mass is 267 g/mol. The third-order valence-corrected chi connectivity index (χ3v) is 3.67. The molecule has 1 N–H and O–H groups in total. The third-order valence-electron chi connectivity index (χ3n) is 3.32. The van der Waals surface area contributed by atoms with E-state index in [1.54, 1.807) is 0 Å². The lowest BCUT2D eigenvalue weighted by atomic mass is 9.98. The van der Waals surface area contributed by atoms with E-state index in [4.69, 9.17) is 16.3 Å². The number of hydrogen-bond acceptors (Lipinski definition) is 2. The van der Waals surface area contributed by atoms with Gasteiger partial charge in [0.15, 0.2) is 0 Å². The number of amides is 1. The third kappa shape index (κ3) is 3.24. The molecule has 1 aromatic rings. The molecule has 0 saturated carbocycles. The van der Waals surface area contributed by atoms with Crippen molar-refractivity contribution in [2.75, 3.05) is 13.2 Å². The molecule has 0 aromatic heterocycles. The van der Waals surface area contributed by atoms with Crippen molar-refractivity contribution in [2.24, 2.45) is 5.92 Å². The first-order valence-corrected chi connectivity index (χ1v) is 6.69. The molecule has 1 aliphatic rings. The highest BCUT2D eigenvalue weighted by Crippen LogP contribution is 2.23. The standard InChI is InChI=1S/C14H18ClNO2/c1-10(12-4-2-3-5-13(12)15)16-14(17)11-6-8-18-9-7-11/h2-5,10-11H,6-9H2,1H3,(H,16,17). The molecule has 1 amide bonds. The summed E-state index contributed by atoms with van der Waals surface area (Å²) >= 11 is 6.12. The Morgan fingerprint density at radius 1 is 1.39 bits per heavy atom. The van der Waals surface area contributed by atoms with E-state index in [1.165, 1.54) is 0 Å². The molecule has 1 fully saturated rings. The van der Waals surface area contributed by atoms with Crippen molar-refractivity contribution in [3.63, 3.8) is 0 Å². The molecule has 1 atom stereocenters. The summed E-state index contributed by atoms with van der Waals surface area (Å²) in [6.07, 6.45) is 1.61. The van der Waals surface area contributed by atoms with Crippen LogP contribution < -0.4 is 5.32 Å². The highest BCUT2D eigenvalue weighted by Gasteiger charge is 2.23. The lowest BCUT2D eigenvalue weighted by Gasteiger charge is -2.24. The van der Waals surface area contributed by atoms with Crippen molar-refractivity contribution in [1.82, 2.24) is 5.32 Å². The maximum atomic E-state index is 12.1. The lowest BCUT2D eigenvalue weighted by Crippen LogP contribution is -2.35. The zero-order valence-electron chi connectivity index (χ0n) is 10.5. The number of ether oxygens (including phenoxy) is 1. The van der Waals surface area contributed by atoms with Crippen LogP contribution in [0.2, 0.25) is 5.02 Å². The summed E-state index contributed by atoms with van der Waals surface area (Å²) in [6, 6.07) is 7.54. The summed E-state index contributed by atoms with van der Waals surface area (Å²) in [5.41, 5.74) is 0.958. The van der Waals surface area contributed by atoms with Crippen LogP contribution in [-0.4, -0.2) is 19.1 Å². The van der Waals surface area contributed by atoms with E-state index in [-0.39, 0.29) is 17.9 Å². The van der Waals surface area contributed by atoms with Crippen LogP contribution in [0.25, 0.3) is 0 Å². The number of halogens is 1. The minimum absolute atomic E-state index is 0.0611. The van der Waals surface area contributed by atoms with Crippen molar-refractivity contribution in [2.45, 2.75) is 25.8 Å². The number of carbonyl (C=O) groups excluding carboxylic acids is 1. The summed E-state index contributed by atoms with van der Waals surface area (Å²) in [5.74, 6) is 0.175.